The van der Waals surface area contributed by atoms with Gasteiger partial charge in [-0.25, -0.2) is 0 Å². The molecule has 1 atom stereocenters. The smallest absolute Gasteiger partial charge is 0.0578 e. The van der Waals surface area contributed by atoms with Crippen LogP contribution in [0.1, 0.15) is 43.2 Å². The van der Waals surface area contributed by atoms with E-state index in [9.17, 15) is 0 Å². The molecular formula is C15H18BrNS. The maximum Gasteiger partial charge on any atom is 0.0578 e. The van der Waals surface area contributed by atoms with Gasteiger partial charge >= 0.3 is 0 Å². The van der Waals surface area contributed by atoms with Crippen molar-refractivity contribution in [2.75, 3.05) is 5.32 Å². The fourth-order valence-electron chi connectivity index (χ4n) is 1.99. The number of benzene rings is 1. The Morgan fingerprint density at radius 1 is 1.17 bits per heavy atom. The number of halogens is 1. The van der Waals surface area contributed by atoms with Crippen molar-refractivity contribution < 1.29 is 0 Å². The van der Waals surface area contributed by atoms with Crippen LogP contribution in [0.25, 0.3) is 0 Å². The number of anilines is 1. The van der Waals surface area contributed by atoms with Crippen molar-refractivity contribution in [2.24, 2.45) is 0 Å². The van der Waals surface area contributed by atoms with Gasteiger partial charge in [-0.3, -0.25) is 0 Å². The number of nitrogens with one attached hydrogen (secondary N) is 1. The van der Waals surface area contributed by atoms with E-state index in [1.165, 1.54) is 16.1 Å². The second-order valence-electron chi connectivity index (χ2n) is 4.78. The van der Waals surface area contributed by atoms with E-state index in [0.717, 1.165) is 4.47 Å². The standard InChI is InChI=1S/C15H18BrNS/c1-10(2)13-6-4-5-7-14(13)17-11(3)15-8-12(16)9-18-15/h4-11,17H,1-3H3. The van der Waals surface area contributed by atoms with Crippen molar-refractivity contribution in [1.82, 2.24) is 0 Å². The van der Waals surface area contributed by atoms with Crippen LogP contribution in [0.5, 0.6) is 0 Å². The summed E-state index contributed by atoms with van der Waals surface area (Å²) in [5, 5.41) is 5.74. The third-order valence-corrected chi connectivity index (χ3v) is 4.85. The summed E-state index contributed by atoms with van der Waals surface area (Å²) >= 11 is 5.29. The average molecular weight is 324 g/mol. The normalized spacial score (nSPS) is 12.7. The van der Waals surface area contributed by atoms with Crippen molar-refractivity contribution in [1.29, 1.82) is 0 Å². The summed E-state index contributed by atoms with van der Waals surface area (Å²) in [7, 11) is 0. The van der Waals surface area contributed by atoms with Gasteiger partial charge in [0.2, 0.25) is 0 Å². The summed E-state index contributed by atoms with van der Waals surface area (Å²) in [5.74, 6) is 0.538. The maximum atomic E-state index is 3.61. The van der Waals surface area contributed by atoms with E-state index in [-0.39, 0.29) is 0 Å². The van der Waals surface area contributed by atoms with E-state index in [1.54, 1.807) is 11.3 Å². The van der Waals surface area contributed by atoms with Crippen molar-refractivity contribution in [3.8, 4) is 0 Å². The highest BCUT2D eigenvalue weighted by Gasteiger charge is 2.11. The Morgan fingerprint density at radius 3 is 2.50 bits per heavy atom. The minimum Gasteiger partial charge on any atom is -0.377 e. The molecule has 1 aromatic heterocycles. The predicted molar refractivity (Wildman–Crippen MR) is 84.6 cm³/mol. The topological polar surface area (TPSA) is 12.0 Å². The summed E-state index contributed by atoms with van der Waals surface area (Å²) in [6.45, 7) is 6.66. The Morgan fingerprint density at radius 2 is 1.89 bits per heavy atom. The molecule has 1 nitrogen and oxygen atoms in total. The summed E-state index contributed by atoms with van der Waals surface area (Å²) in [5.41, 5.74) is 2.62. The van der Waals surface area contributed by atoms with E-state index in [1.807, 2.05) is 0 Å². The third-order valence-electron chi connectivity index (χ3n) is 2.97. The third kappa shape index (κ3) is 3.15. The van der Waals surface area contributed by atoms with E-state index in [0.29, 0.717) is 12.0 Å². The van der Waals surface area contributed by atoms with E-state index < -0.39 is 0 Å². The van der Waals surface area contributed by atoms with Crippen LogP contribution in [0.4, 0.5) is 5.69 Å². The summed E-state index contributed by atoms with van der Waals surface area (Å²) in [6.07, 6.45) is 0. The Hall–Kier alpha value is -0.800. The molecule has 1 unspecified atom stereocenters. The lowest BCUT2D eigenvalue weighted by atomic mass is 10.0. The Bertz CT molecular complexity index is 519. The zero-order valence-electron chi connectivity index (χ0n) is 10.9. The first kappa shape index (κ1) is 13.6. The minimum absolute atomic E-state index is 0.334. The van der Waals surface area contributed by atoms with Crippen LogP contribution in [-0.2, 0) is 0 Å². The van der Waals surface area contributed by atoms with Crippen LogP contribution in [0.3, 0.4) is 0 Å². The zero-order chi connectivity index (χ0) is 13.1. The fraction of sp³-hybridized carbons (Fsp3) is 0.333. The number of para-hydroxylation sites is 1. The molecule has 0 bridgehead atoms. The minimum atomic E-state index is 0.334. The van der Waals surface area contributed by atoms with Crippen LogP contribution < -0.4 is 5.32 Å². The molecule has 1 N–H and O–H groups in total. The second-order valence-corrected chi connectivity index (χ2v) is 6.63. The van der Waals surface area contributed by atoms with Crippen molar-refractivity contribution in [3.63, 3.8) is 0 Å². The molecule has 0 radical (unpaired) electrons. The van der Waals surface area contributed by atoms with Crippen LogP contribution >= 0.6 is 27.3 Å². The summed E-state index contributed by atoms with van der Waals surface area (Å²) < 4.78 is 1.16. The lowest BCUT2D eigenvalue weighted by molar-refractivity contribution is 0.848. The van der Waals surface area contributed by atoms with Gasteiger partial charge in [0.1, 0.15) is 0 Å². The van der Waals surface area contributed by atoms with Gasteiger partial charge in [-0.15, -0.1) is 11.3 Å². The lowest BCUT2D eigenvalue weighted by Crippen LogP contribution is -2.07. The van der Waals surface area contributed by atoms with Gasteiger partial charge in [0.25, 0.3) is 0 Å². The molecule has 96 valence electrons. The molecule has 1 heterocycles. The summed E-state index contributed by atoms with van der Waals surface area (Å²) in [4.78, 5) is 1.35. The van der Waals surface area contributed by atoms with E-state index in [4.69, 9.17) is 0 Å². The zero-order valence-corrected chi connectivity index (χ0v) is 13.3. The van der Waals surface area contributed by atoms with Crippen molar-refractivity contribution in [3.05, 3.63) is 50.6 Å². The predicted octanol–water partition coefficient (Wildman–Crippen LogP) is 5.81. The largest absolute Gasteiger partial charge is 0.377 e. The van der Waals surface area contributed by atoms with Crippen molar-refractivity contribution in [2.45, 2.75) is 32.7 Å². The Kier molecular flexibility index (Phi) is 4.46. The van der Waals surface area contributed by atoms with Gasteiger partial charge in [-0.05, 0) is 46.5 Å². The van der Waals surface area contributed by atoms with Crippen LogP contribution in [-0.4, -0.2) is 0 Å². The molecule has 0 aliphatic carbocycles. The molecule has 3 heteroatoms. The number of hydrogen-bond acceptors (Lipinski definition) is 2. The highest BCUT2D eigenvalue weighted by molar-refractivity contribution is 9.10. The molecule has 18 heavy (non-hydrogen) atoms. The van der Waals surface area contributed by atoms with Crippen LogP contribution in [0.15, 0.2) is 40.2 Å². The van der Waals surface area contributed by atoms with Crippen LogP contribution in [0.2, 0.25) is 0 Å². The molecule has 0 spiro atoms. The SMILES string of the molecule is CC(C)c1ccccc1NC(C)c1cc(Br)cs1. The molecule has 0 aliphatic rings. The monoisotopic (exact) mass is 323 g/mol. The molecule has 0 amide bonds. The molecule has 1 aromatic carbocycles. The van der Waals surface area contributed by atoms with Gasteiger partial charge in [-0.2, -0.15) is 0 Å². The molecule has 0 fully saturated rings. The molecule has 2 rings (SSSR count). The maximum absolute atomic E-state index is 3.61. The number of rotatable bonds is 4. The Labute approximate surface area is 121 Å². The van der Waals surface area contributed by atoms with Gasteiger partial charge < -0.3 is 5.32 Å². The van der Waals surface area contributed by atoms with E-state index >= 15 is 0 Å². The molecular weight excluding hydrogens is 306 g/mol. The lowest BCUT2D eigenvalue weighted by Gasteiger charge is -2.18. The number of hydrogen-bond donors (Lipinski definition) is 1. The first-order chi connectivity index (χ1) is 8.58. The van der Waals surface area contributed by atoms with Gasteiger partial charge in [0.15, 0.2) is 0 Å². The van der Waals surface area contributed by atoms with Crippen LogP contribution in [0, 0.1) is 0 Å². The molecule has 0 saturated heterocycles. The van der Waals surface area contributed by atoms with E-state index in [2.05, 4.69) is 77.7 Å². The van der Waals surface area contributed by atoms with Gasteiger partial charge in [-0.1, -0.05) is 32.0 Å². The molecule has 0 aliphatic heterocycles. The highest BCUT2D eigenvalue weighted by atomic mass is 79.9. The molecule has 0 saturated carbocycles. The van der Waals surface area contributed by atoms with Crippen molar-refractivity contribution >= 4 is 33.0 Å². The average Bonchev–Trinajstić information content (AvgIpc) is 2.76. The Balaban J connectivity index is 2.19. The summed E-state index contributed by atoms with van der Waals surface area (Å²) in [6, 6.07) is 11.1. The highest BCUT2D eigenvalue weighted by Crippen LogP contribution is 2.31. The van der Waals surface area contributed by atoms with Gasteiger partial charge in [0.05, 0.1) is 6.04 Å². The van der Waals surface area contributed by atoms with Gasteiger partial charge in [0, 0.05) is 20.4 Å². The second kappa shape index (κ2) is 5.89. The first-order valence-corrected chi connectivity index (χ1v) is 7.84. The molecule has 2 aromatic rings. The first-order valence-electron chi connectivity index (χ1n) is 6.17. The number of thiophene rings is 1. The quantitative estimate of drug-likeness (QED) is 0.748. The fourth-order valence-corrected chi connectivity index (χ4v) is 3.44.